The first kappa shape index (κ1) is 26.6. The van der Waals surface area contributed by atoms with E-state index < -0.39 is 17.8 Å². The van der Waals surface area contributed by atoms with E-state index in [0.29, 0.717) is 38.0 Å². The molecule has 1 aromatic rings. The van der Waals surface area contributed by atoms with Gasteiger partial charge >= 0.3 is 6.18 Å². The predicted molar refractivity (Wildman–Crippen MR) is 134 cm³/mol. The number of halogens is 3. The first-order valence-electron chi connectivity index (χ1n) is 12.6. The third-order valence-electron chi connectivity index (χ3n) is 6.44. The first-order valence-corrected chi connectivity index (χ1v) is 13.3. The van der Waals surface area contributed by atoms with Gasteiger partial charge in [0.2, 0.25) is 5.88 Å². The SMILES string of the molecule is C[C@@H]1COCCN1c1cc(OC(C)(C)C)nc(N2CCN(SN3CCCCC3)CC2C(F)(F)F)c1. The minimum absolute atomic E-state index is 0.0972. The number of nitrogens with zero attached hydrogens (tertiary/aromatic N) is 5. The third kappa shape index (κ3) is 7.08. The normalized spacial score (nSPS) is 25.7. The van der Waals surface area contributed by atoms with Crippen LogP contribution in [0.5, 0.6) is 5.88 Å². The number of rotatable bonds is 5. The van der Waals surface area contributed by atoms with Crippen LogP contribution in [0.25, 0.3) is 0 Å². The number of pyridine rings is 1. The van der Waals surface area contributed by atoms with Gasteiger partial charge in [0.1, 0.15) is 17.5 Å². The topological polar surface area (TPSA) is 44.3 Å². The van der Waals surface area contributed by atoms with Crippen LogP contribution < -0.4 is 14.5 Å². The van der Waals surface area contributed by atoms with E-state index in [2.05, 4.69) is 21.1 Å². The fraction of sp³-hybridized carbons (Fsp3) is 0.792. The Morgan fingerprint density at radius 2 is 1.71 bits per heavy atom. The molecular formula is C24H38F3N5O2S. The first-order chi connectivity index (χ1) is 16.5. The van der Waals surface area contributed by atoms with Crippen LogP contribution in [-0.2, 0) is 4.74 Å². The molecule has 3 fully saturated rings. The van der Waals surface area contributed by atoms with Crippen molar-refractivity contribution in [1.29, 1.82) is 0 Å². The number of ether oxygens (including phenoxy) is 2. The molecule has 1 unspecified atom stereocenters. The van der Waals surface area contributed by atoms with Crippen LogP contribution in [0.15, 0.2) is 12.1 Å². The van der Waals surface area contributed by atoms with E-state index in [1.54, 1.807) is 6.07 Å². The molecule has 3 aliphatic heterocycles. The van der Waals surface area contributed by atoms with Crippen molar-refractivity contribution in [3.8, 4) is 5.88 Å². The fourth-order valence-electron chi connectivity index (χ4n) is 4.76. The van der Waals surface area contributed by atoms with Crippen LogP contribution >= 0.6 is 12.1 Å². The smallest absolute Gasteiger partial charge is 0.410 e. The Hall–Kier alpha value is -1.43. The van der Waals surface area contributed by atoms with Gasteiger partial charge in [-0.2, -0.15) is 18.2 Å². The number of aromatic nitrogens is 1. The van der Waals surface area contributed by atoms with Crippen LogP contribution in [-0.4, -0.2) is 89.9 Å². The van der Waals surface area contributed by atoms with Gasteiger partial charge in [0.25, 0.3) is 0 Å². The summed E-state index contributed by atoms with van der Waals surface area (Å²) in [5.74, 6) is 0.653. The van der Waals surface area contributed by atoms with E-state index in [4.69, 9.17) is 9.47 Å². The largest absolute Gasteiger partial charge is 0.472 e. The molecule has 3 saturated heterocycles. The number of piperazine rings is 1. The summed E-state index contributed by atoms with van der Waals surface area (Å²) in [6.45, 7) is 12.1. The lowest BCUT2D eigenvalue weighted by molar-refractivity contribution is -0.153. The van der Waals surface area contributed by atoms with Gasteiger partial charge < -0.3 is 19.3 Å². The molecule has 0 radical (unpaired) electrons. The van der Waals surface area contributed by atoms with Gasteiger partial charge in [0, 0.05) is 75.3 Å². The number of alkyl halides is 3. The highest BCUT2D eigenvalue weighted by molar-refractivity contribution is 7.94. The molecule has 198 valence electrons. The lowest BCUT2D eigenvalue weighted by atomic mass is 10.1. The second-order valence-electron chi connectivity index (χ2n) is 10.6. The molecule has 0 saturated carbocycles. The standard InChI is InChI=1S/C24H38F3N5O2S/c1-18-17-33-13-12-31(18)19-14-21(28-22(15-19)34-23(2,3)4)32-11-10-30(16-20(32)24(25,26)27)35-29-8-6-5-7-9-29/h14-15,18,20H,5-13,16-17H2,1-4H3/t18-,20?/m1/s1. The zero-order valence-corrected chi connectivity index (χ0v) is 22.0. The molecule has 0 N–H and O–H groups in total. The van der Waals surface area contributed by atoms with Crippen molar-refractivity contribution < 1.29 is 22.6 Å². The summed E-state index contributed by atoms with van der Waals surface area (Å²) in [7, 11) is 0. The maximum Gasteiger partial charge on any atom is 0.410 e. The zero-order valence-electron chi connectivity index (χ0n) is 21.2. The van der Waals surface area contributed by atoms with Gasteiger partial charge in [-0.15, -0.1) is 0 Å². The molecule has 0 aromatic carbocycles. The van der Waals surface area contributed by atoms with Crippen molar-refractivity contribution in [1.82, 2.24) is 13.6 Å². The second-order valence-corrected chi connectivity index (χ2v) is 11.8. The Bertz CT molecular complexity index is 847. The molecule has 4 heterocycles. The summed E-state index contributed by atoms with van der Waals surface area (Å²) in [6.07, 6.45) is -0.985. The highest BCUT2D eigenvalue weighted by Crippen LogP contribution is 2.37. The number of hydrogen-bond donors (Lipinski definition) is 0. The molecule has 0 spiro atoms. The van der Waals surface area contributed by atoms with E-state index in [-0.39, 0.29) is 19.1 Å². The van der Waals surface area contributed by atoms with E-state index >= 15 is 0 Å². The minimum atomic E-state index is -4.38. The van der Waals surface area contributed by atoms with Gasteiger partial charge in [-0.25, -0.2) is 8.61 Å². The van der Waals surface area contributed by atoms with Crippen molar-refractivity contribution in [3.63, 3.8) is 0 Å². The van der Waals surface area contributed by atoms with Crippen LogP contribution in [0.1, 0.15) is 47.0 Å². The molecular weight excluding hydrogens is 479 g/mol. The van der Waals surface area contributed by atoms with Crippen LogP contribution in [0, 0.1) is 0 Å². The summed E-state index contributed by atoms with van der Waals surface area (Å²) in [5, 5.41) is 0. The molecule has 11 heteroatoms. The van der Waals surface area contributed by atoms with Gasteiger partial charge in [0.15, 0.2) is 0 Å². The van der Waals surface area contributed by atoms with E-state index in [0.717, 1.165) is 31.6 Å². The summed E-state index contributed by atoms with van der Waals surface area (Å²) in [5.41, 5.74) is 0.295. The molecule has 0 amide bonds. The highest BCUT2D eigenvalue weighted by atomic mass is 32.2. The zero-order chi connectivity index (χ0) is 25.2. The maximum absolute atomic E-state index is 14.3. The Kier molecular flexibility index (Phi) is 8.29. The fourth-order valence-corrected chi connectivity index (χ4v) is 5.88. The van der Waals surface area contributed by atoms with Gasteiger partial charge in [-0.1, -0.05) is 6.42 Å². The Morgan fingerprint density at radius 1 is 0.971 bits per heavy atom. The quantitative estimate of drug-likeness (QED) is 0.526. The molecule has 2 atom stereocenters. The number of piperidine rings is 1. The summed E-state index contributed by atoms with van der Waals surface area (Å²) in [4.78, 5) is 8.15. The molecule has 3 aliphatic rings. The van der Waals surface area contributed by atoms with Crippen LogP contribution in [0.3, 0.4) is 0 Å². The maximum atomic E-state index is 14.3. The van der Waals surface area contributed by atoms with Crippen LogP contribution in [0.2, 0.25) is 0 Å². The van der Waals surface area contributed by atoms with E-state index in [1.165, 1.54) is 23.5 Å². The van der Waals surface area contributed by atoms with Crippen molar-refractivity contribution in [2.45, 2.75) is 70.8 Å². The summed E-state index contributed by atoms with van der Waals surface area (Å²) >= 11 is 1.47. The van der Waals surface area contributed by atoms with Crippen LogP contribution in [0.4, 0.5) is 24.7 Å². The highest BCUT2D eigenvalue weighted by Gasteiger charge is 2.47. The molecule has 35 heavy (non-hydrogen) atoms. The van der Waals surface area contributed by atoms with Gasteiger partial charge in [-0.05, 0) is 40.5 Å². The van der Waals surface area contributed by atoms with Gasteiger partial charge in [-0.3, -0.25) is 0 Å². The molecule has 0 aliphatic carbocycles. The lowest BCUT2D eigenvalue weighted by Gasteiger charge is -2.44. The van der Waals surface area contributed by atoms with Crippen molar-refractivity contribution in [3.05, 3.63) is 12.1 Å². The monoisotopic (exact) mass is 517 g/mol. The number of morpholine rings is 1. The van der Waals surface area contributed by atoms with E-state index in [1.807, 2.05) is 31.1 Å². The third-order valence-corrected chi connectivity index (χ3v) is 7.60. The van der Waals surface area contributed by atoms with Gasteiger partial charge in [0.05, 0.1) is 13.2 Å². The number of hydrogen-bond acceptors (Lipinski definition) is 8. The van der Waals surface area contributed by atoms with Crippen molar-refractivity contribution >= 4 is 23.6 Å². The molecule has 4 rings (SSSR count). The Labute approximate surface area is 211 Å². The summed E-state index contributed by atoms with van der Waals surface area (Å²) < 4.78 is 58.7. The molecule has 7 nitrogen and oxygen atoms in total. The van der Waals surface area contributed by atoms with E-state index in [9.17, 15) is 13.2 Å². The van der Waals surface area contributed by atoms with Crippen molar-refractivity contribution in [2.75, 3.05) is 62.3 Å². The average molecular weight is 518 g/mol. The number of anilines is 2. The summed E-state index contributed by atoms with van der Waals surface area (Å²) in [6, 6.07) is 2.09. The average Bonchev–Trinajstić information content (AvgIpc) is 2.78. The second kappa shape index (κ2) is 10.9. The minimum Gasteiger partial charge on any atom is -0.472 e. The Balaban J connectivity index is 1.61. The molecule has 1 aromatic heterocycles. The Morgan fingerprint density at radius 3 is 2.37 bits per heavy atom. The van der Waals surface area contributed by atoms with Crippen molar-refractivity contribution in [2.24, 2.45) is 0 Å². The lowest BCUT2D eigenvalue weighted by Crippen LogP contribution is -2.58. The predicted octanol–water partition coefficient (Wildman–Crippen LogP) is 4.59. The molecule has 0 bridgehead atoms.